The van der Waals surface area contributed by atoms with Gasteiger partial charge in [-0.2, -0.15) is 13.2 Å². The van der Waals surface area contributed by atoms with Crippen LogP contribution in [0.5, 0.6) is 0 Å². The Balaban J connectivity index is 1.55. The standard InChI is InChI=1S/C21H18F3N3O2/c22-21(23,24)16-4-3-5-18(12-16)25-13-19(28)26-17-9-7-15(8-10-17)14-27-11-2-1-6-20(27)29/h1-12,25H,13-14H2,(H,26,28). The van der Waals surface area contributed by atoms with Crippen LogP contribution in [-0.4, -0.2) is 17.0 Å². The van der Waals surface area contributed by atoms with Crippen molar-refractivity contribution < 1.29 is 18.0 Å². The van der Waals surface area contributed by atoms with E-state index in [1.54, 1.807) is 47.2 Å². The molecule has 0 bridgehead atoms. The second kappa shape index (κ2) is 8.64. The van der Waals surface area contributed by atoms with Crippen LogP contribution in [0.2, 0.25) is 0 Å². The van der Waals surface area contributed by atoms with Gasteiger partial charge in [-0.1, -0.05) is 24.3 Å². The van der Waals surface area contributed by atoms with E-state index in [1.165, 1.54) is 18.2 Å². The Kier molecular flexibility index (Phi) is 6.01. The summed E-state index contributed by atoms with van der Waals surface area (Å²) >= 11 is 0. The number of alkyl halides is 3. The number of hydrogen-bond donors (Lipinski definition) is 2. The molecule has 0 spiro atoms. The van der Waals surface area contributed by atoms with Crippen LogP contribution in [-0.2, 0) is 17.5 Å². The molecule has 1 heterocycles. The van der Waals surface area contributed by atoms with Crippen LogP contribution in [0.4, 0.5) is 24.5 Å². The molecule has 0 unspecified atom stereocenters. The number of nitrogens with zero attached hydrogens (tertiary/aromatic N) is 1. The summed E-state index contributed by atoms with van der Waals surface area (Å²) in [4.78, 5) is 23.8. The molecule has 3 rings (SSSR count). The van der Waals surface area contributed by atoms with E-state index in [9.17, 15) is 22.8 Å². The van der Waals surface area contributed by atoms with E-state index in [-0.39, 0.29) is 17.8 Å². The van der Waals surface area contributed by atoms with E-state index in [0.717, 1.165) is 17.7 Å². The Morgan fingerprint density at radius 1 is 0.931 bits per heavy atom. The van der Waals surface area contributed by atoms with Crippen molar-refractivity contribution in [2.45, 2.75) is 12.7 Å². The smallest absolute Gasteiger partial charge is 0.376 e. The average molecular weight is 401 g/mol. The first-order valence-electron chi connectivity index (χ1n) is 8.77. The van der Waals surface area contributed by atoms with E-state index < -0.39 is 17.6 Å². The summed E-state index contributed by atoms with van der Waals surface area (Å²) in [6, 6.07) is 16.6. The van der Waals surface area contributed by atoms with Crippen LogP contribution < -0.4 is 16.2 Å². The van der Waals surface area contributed by atoms with E-state index >= 15 is 0 Å². The molecule has 150 valence electrons. The van der Waals surface area contributed by atoms with E-state index in [1.807, 2.05) is 0 Å². The lowest BCUT2D eigenvalue weighted by atomic mass is 10.2. The van der Waals surface area contributed by atoms with Gasteiger partial charge in [0.1, 0.15) is 0 Å². The van der Waals surface area contributed by atoms with Gasteiger partial charge in [-0.05, 0) is 42.0 Å². The van der Waals surface area contributed by atoms with Gasteiger partial charge in [-0.3, -0.25) is 9.59 Å². The molecule has 0 aliphatic heterocycles. The molecule has 3 aromatic rings. The van der Waals surface area contributed by atoms with Gasteiger partial charge in [0.2, 0.25) is 5.91 Å². The molecule has 0 saturated heterocycles. The van der Waals surface area contributed by atoms with Gasteiger partial charge in [0.05, 0.1) is 18.7 Å². The topological polar surface area (TPSA) is 63.1 Å². The fraction of sp³-hybridized carbons (Fsp3) is 0.143. The third kappa shape index (κ3) is 5.71. The third-order valence-electron chi connectivity index (χ3n) is 4.13. The molecular weight excluding hydrogens is 383 g/mol. The highest BCUT2D eigenvalue weighted by molar-refractivity contribution is 5.93. The summed E-state index contributed by atoms with van der Waals surface area (Å²) in [6.07, 6.45) is -2.75. The first-order chi connectivity index (χ1) is 13.8. The summed E-state index contributed by atoms with van der Waals surface area (Å²) in [6.45, 7) is 0.230. The summed E-state index contributed by atoms with van der Waals surface area (Å²) in [5, 5.41) is 5.34. The molecule has 2 aromatic carbocycles. The number of carbonyl (C=O) groups is 1. The molecule has 1 aromatic heterocycles. The number of nitrogens with one attached hydrogen (secondary N) is 2. The quantitative estimate of drug-likeness (QED) is 0.657. The largest absolute Gasteiger partial charge is 0.416 e. The molecule has 8 heteroatoms. The van der Waals surface area contributed by atoms with Crippen LogP contribution >= 0.6 is 0 Å². The van der Waals surface area contributed by atoms with E-state index in [0.29, 0.717) is 12.2 Å². The average Bonchev–Trinajstić information content (AvgIpc) is 2.69. The lowest BCUT2D eigenvalue weighted by Gasteiger charge is -2.11. The van der Waals surface area contributed by atoms with Crippen LogP contribution in [0.3, 0.4) is 0 Å². The van der Waals surface area contributed by atoms with Crippen molar-refractivity contribution in [2.24, 2.45) is 0 Å². The fourth-order valence-electron chi connectivity index (χ4n) is 2.67. The number of benzene rings is 2. The molecule has 0 aliphatic carbocycles. The predicted molar refractivity (Wildman–Crippen MR) is 105 cm³/mol. The first kappa shape index (κ1) is 20.2. The number of anilines is 2. The molecule has 5 nitrogen and oxygen atoms in total. The highest BCUT2D eigenvalue weighted by atomic mass is 19.4. The number of pyridine rings is 1. The van der Waals surface area contributed by atoms with Crippen LogP contribution in [0.25, 0.3) is 0 Å². The summed E-state index contributed by atoms with van der Waals surface area (Å²) in [7, 11) is 0. The van der Waals surface area contributed by atoms with Crippen molar-refractivity contribution in [1.82, 2.24) is 4.57 Å². The van der Waals surface area contributed by atoms with E-state index in [2.05, 4.69) is 10.6 Å². The van der Waals surface area contributed by atoms with Crippen molar-refractivity contribution in [2.75, 3.05) is 17.2 Å². The van der Waals surface area contributed by atoms with Crippen molar-refractivity contribution >= 4 is 17.3 Å². The minimum absolute atomic E-state index is 0.106. The summed E-state index contributed by atoms with van der Waals surface area (Å²) < 4.78 is 39.7. The van der Waals surface area contributed by atoms with Crippen molar-refractivity contribution in [3.05, 3.63) is 94.4 Å². The van der Waals surface area contributed by atoms with Crippen LogP contribution in [0, 0.1) is 0 Å². The first-order valence-corrected chi connectivity index (χ1v) is 8.77. The van der Waals surface area contributed by atoms with Gasteiger partial charge < -0.3 is 15.2 Å². The third-order valence-corrected chi connectivity index (χ3v) is 4.13. The molecule has 0 saturated carbocycles. The number of carbonyl (C=O) groups excluding carboxylic acids is 1. The second-order valence-electron chi connectivity index (χ2n) is 6.34. The van der Waals surface area contributed by atoms with E-state index in [4.69, 9.17) is 0 Å². The Hall–Kier alpha value is -3.55. The normalized spacial score (nSPS) is 11.1. The van der Waals surface area contributed by atoms with Crippen LogP contribution in [0.15, 0.2) is 77.7 Å². The zero-order valence-electron chi connectivity index (χ0n) is 15.2. The molecular formula is C21H18F3N3O2. The highest BCUT2D eigenvalue weighted by Crippen LogP contribution is 2.30. The van der Waals surface area contributed by atoms with Crippen molar-refractivity contribution in [3.8, 4) is 0 Å². The molecule has 1 amide bonds. The second-order valence-corrected chi connectivity index (χ2v) is 6.34. The zero-order valence-corrected chi connectivity index (χ0v) is 15.2. The molecule has 2 N–H and O–H groups in total. The Morgan fingerprint density at radius 2 is 1.69 bits per heavy atom. The van der Waals surface area contributed by atoms with Gasteiger partial charge >= 0.3 is 6.18 Å². The fourth-order valence-corrected chi connectivity index (χ4v) is 2.67. The maximum atomic E-state index is 12.7. The van der Waals surface area contributed by atoms with Gasteiger partial charge in [-0.25, -0.2) is 0 Å². The predicted octanol–water partition coefficient (Wildman–Crippen LogP) is 3.97. The SMILES string of the molecule is O=C(CNc1cccc(C(F)(F)F)c1)Nc1ccc(Cn2ccccc2=O)cc1. The number of aromatic nitrogens is 1. The summed E-state index contributed by atoms with van der Waals surface area (Å²) in [5.41, 5.74) is 0.753. The van der Waals surface area contributed by atoms with Crippen molar-refractivity contribution in [3.63, 3.8) is 0 Å². The van der Waals surface area contributed by atoms with Gasteiger partial charge in [0, 0.05) is 23.6 Å². The lowest BCUT2D eigenvalue weighted by molar-refractivity contribution is -0.137. The van der Waals surface area contributed by atoms with Gasteiger partial charge in [-0.15, -0.1) is 0 Å². The van der Waals surface area contributed by atoms with Crippen LogP contribution in [0.1, 0.15) is 11.1 Å². The Labute approximate surface area is 164 Å². The Morgan fingerprint density at radius 3 is 2.38 bits per heavy atom. The molecule has 0 aliphatic rings. The number of hydrogen-bond acceptors (Lipinski definition) is 3. The Bertz CT molecular complexity index is 1040. The lowest BCUT2D eigenvalue weighted by Crippen LogP contribution is -2.22. The maximum Gasteiger partial charge on any atom is 0.416 e. The molecule has 0 fully saturated rings. The minimum atomic E-state index is -4.44. The number of rotatable bonds is 6. The minimum Gasteiger partial charge on any atom is -0.376 e. The number of halogens is 3. The zero-order chi connectivity index (χ0) is 20.9. The monoisotopic (exact) mass is 401 g/mol. The molecule has 29 heavy (non-hydrogen) atoms. The summed E-state index contributed by atoms with van der Waals surface area (Å²) in [5.74, 6) is -0.394. The number of amides is 1. The van der Waals surface area contributed by atoms with Crippen molar-refractivity contribution in [1.29, 1.82) is 0 Å². The maximum absolute atomic E-state index is 12.7. The highest BCUT2D eigenvalue weighted by Gasteiger charge is 2.30. The van der Waals surface area contributed by atoms with Gasteiger partial charge in [0.25, 0.3) is 5.56 Å². The molecule has 0 radical (unpaired) electrons. The molecule has 0 atom stereocenters. The van der Waals surface area contributed by atoms with Gasteiger partial charge in [0.15, 0.2) is 0 Å².